The van der Waals surface area contributed by atoms with E-state index in [2.05, 4.69) is 30.9 Å². The summed E-state index contributed by atoms with van der Waals surface area (Å²) in [5.41, 5.74) is 2.39. The fourth-order valence-corrected chi connectivity index (χ4v) is 2.62. The van der Waals surface area contributed by atoms with E-state index >= 15 is 0 Å². The van der Waals surface area contributed by atoms with Crippen LogP contribution in [0, 0.1) is 13.8 Å². The molecule has 0 radical (unpaired) electrons. The van der Waals surface area contributed by atoms with Gasteiger partial charge in [0.2, 0.25) is 11.9 Å². The summed E-state index contributed by atoms with van der Waals surface area (Å²) >= 11 is 5.42. The van der Waals surface area contributed by atoms with Gasteiger partial charge in [-0.2, -0.15) is 0 Å². The van der Waals surface area contributed by atoms with Crippen molar-refractivity contribution in [1.29, 1.82) is 0 Å². The van der Waals surface area contributed by atoms with Crippen molar-refractivity contribution in [2.24, 2.45) is 4.99 Å². The highest BCUT2D eigenvalue weighted by atomic mass is 32.1. The second kappa shape index (κ2) is 11.2. The zero-order valence-electron chi connectivity index (χ0n) is 17.1. The molecule has 0 unspecified atom stereocenters. The second-order valence-electron chi connectivity index (χ2n) is 5.97. The Morgan fingerprint density at radius 1 is 1.07 bits per heavy atom. The molecule has 3 N–H and O–H groups in total. The molecule has 0 spiro atoms. The molecule has 0 bridgehead atoms. The van der Waals surface area contributed by atoms with Crippen LogP contribution in [0.4, 0.5) is 11.6 Å². The van der Waals surface area contributed by atoms with Gasteiger partial charge in [-0.25, -0.2) is 15.0 Å². The molecule has 0 saturated carbocycles. The van der Waals surface area contributed by atoms with Gasteiger partial charge in [0.05, 0.1) is 19.3 Å². The van der Waals surface area contributed by atoms with E-state index in [4.69, 9.17) is 26.4 Å². The molecule has 29 heavy (non-hydrogen) atoms. The molecule has 1 heterocycles. The van der Waals surface area contributed by atoms with Crippen molar-refractivity contribution in [1.82, 2.24) is 15.3 Å². The number of nitrogens with one attached hydrogen (secondary N) is 3. The highest BCUT2D eigenvalue weighted by Gasteiger charge is 2.11. The third-order valence-corrected chi connectivity index (χ3v) is 3.93. The number of anilines is 2. The summed E-state index contributed by atoms with van der Waals surface area (Å²) in [6, 6.07) is 9.34. The van der Waals surface area contributed by atoms with E-state index in [1.165, 1.54) is 0 Å². The number of benzene rings is 1. The molecule has 1 aromatic heterocycles. The van der Waals surface area contributed by atoms with E-state index in [0.717, 1.165) is 17.1 Å². The lowest BCUT2D eigenvalue weighted by Gasteiger charge is -2.17. The van der Waals surface area contributed by atoms with Gasteiger partial charge in [0.1, 0.15) is 5.75 Å². The number of aliphatic imine (C=N–C) groups is 1. The van der Waals surface area contributed by atoms with Crippen molar-refractivity contribution < 1.29 is 14.2 Å². The summed E-state index contributed by atoms with van der Waals surface area (Å²) in [5.74, 6) is 1.42. The van der Waals surface area contributed by atoms with Gasteiger partial charge >= 0.3 is 0 Å². The van der Waals surface area contributed by atoms with Crippen LogP contribution in [0.3, 0.4) is 0 Å². The highest BCUT2D eigenvalue weighted by molar-refractivity contribution is 7.80. The first kappa shape index (κ1) is 22.5. The van der Waals surface area contributed by atoms with Gasteiger partial charge in [-0.1, -0.05) is 12.1 Å². The standard InChI is InChI=1S/C19H26N6O3S/c1-12-10-13(2)22-18(21-12)24-17(20-11-16(27-4)28-5)25-19(29)23-14-8-6-7-9-15(14)26-3/h6-10,16H,11H2,1-5H3,(H3,20,21,22,23,24,25,29). The van der Waals surface area contributed by atoms with Gasteiger partial charge in [-0.05, 0) is 44.3 Å². The van der Waals surface area contributed by atoms with E-state index in [-0.39, 0.29) is 6.54 Å². The molecule has 0 amide bonds. The highest BCUT2D eigenvalue weighted by Crippen LogP contribution is 2.22. The quantitative estimate of drug-likeness (QED) is 0.271. The second-order valence-corrected chi connectivity index (χ2v) is 6.38. The number of para-hydroxylation sites is 2. The molecule has 9 nitrogen and oxygen atoms in total. The zero-order valence-corrected chi connectivity index (χ0v) is 18.0. The molecule has 0 aliphatic rings. The van der Waals surface area contributed by atoms with Crippen LogP contribution in [0.1, 0.15) is 11.4 Å². The maximum atomic E-state index is 5.42. The van der Waals surface area contributed by atoms with E-state index in [0.29, 0.717) is 22.8 Å². The SMILES string of the molecule is COc1ccccc1NC(=S)NC(=NCC(OC)OC)Nc1nc(C)cc(C)n1. The lowest BCUT2D eigenvalue weighted by molar-refractivity contribution is -0.0937. The average molecular weight is 419 g/mol. The van der Waals surface area contributed by atoms with Crippen molar-refractivity contribution in [2.45, 2.75) is 20.1 Å². The fraction of sp³-hybridized carbons (Fsp3) is 0.368. The molecular weight excluding hydrogens is 392 g/mol. The number of hydrogen-bond donors (Lipinski definition) is 3. The van der Waals surface area contributed by atoms with Crippen molar-refractivity contribution in [3.8, 4) is 5.75 Å². The van der Waals surface area contributed by atoms with Crippen LogP contribution >= 0.6 is 12.2 Å². The number of thiocarbonyl (C=S) groups is 1. The molecule has 156 valence electrons. The predicted octanol–water partition coefficient (Wildman–Crippen LogP) is 2.48. The Balaban J connectivity index is 2.17. The Morgan fingerprint density at radius 3 is 2.34 bits per heavy atom. The van der Waals surface area contributed by atoms with Crippen LogP contribution in [-0.2, 0) is 9.47 Å². The normalized spacial score (nSPS) is 11.3. The Hall–Kier alpha value is -2.82. The number of ether oxygens (including phenoxy) is 3. The zero-order chi connectivity index (χ0) is 21.2. The van der Waals surface area contributed by atoms with Crippen LogP contribution in [-0.4, -0.2) is 55.2 Å². The Morgan fingerprint density at radius 2 is 1.72 bits per heavy atom. The lowest BCUT2D eigenvalue weighted by atomic mass is 10.3. The van der Waals surface area contributed by atoms with Crippen molar-refractivity contribution in [2.75, 3.05) is 38.5 Å². The number of aryl methyl sites for hydroxylation is 2. The monoisotopic (exact) mass is 418 g/mol. The van der Waals surface area contributed by atoms with Gasteiger partial charge in [-0.3, -0.25) is 5.32 Å². The Kier molecular flexibility index (Phi) is 8.71. The van der Waals surface area contributed by atoms with Gasteiger partial charge in [0.25, 0.3) is 0 Å². The van der Waals surface area contributed by atoms with E-state index in [1.54, 1.807) is 21.3 Å². The minimum absolute atomic E-state index is 0.240. The predicted molar refractivity (Wildman–Crippen MR) is 118 cm³/mol. The number of nitrogens with zero attached hydrogens (tertiary/aromatic N) is 3. The lowest BCUT2D eigenvalue weighted by Crippen LogP contribution is -2.40. The molecule has 0 fully saturated rings. The van der Waals surface area contributed by atoms with Crippen LogP contribution in [0.5, 0.6) is 5.75 Å². The van der Waals surface area contributed by atoms with Crippen molar-refractivity contribution in [3.63, 3.8) is 0 Å². The number of methoxy groups -OCH3 is 3. The van der Waals surface area contributed by atoms with Gasteiger partial charge in [0.15, 0.2) is 11.4 Å². The van der Waals surface area contributed by atoms with Crippen LogP contribution in [0.15, 0.2) is 35.3 Å². The minimum Gasteiger partial charge on any atom is -0.495 e. The maximum Gasteiger partial charge on any atom is 0.229 e. The fourth-order valence-electron chi connectivity index (χ4n) is 2.42. The smallest absolute Gasteiger partial charge is 0.229 e. The first-order valence-corrected chi connectivity index (χ1v) is 9.26. The van der Waals surface area contributed by atoms with E-state index < -0.39 is 6.29 Å². The summed E-state index contributed by atoms with van der Waals surface area (Å²) in [4.78, 5) is 13.2. The molecule has 2 rings (SSSR count). The summed E-state index contributed by atoms with van der Waals surface area (Å²) in [5, 5.41) is 9.48. The van der Waals surface area contributed by atoms with Crippen molar-refractivity contribution >= 4 is 34.9 Å². The molecule has 0 saturated heterocycles. The molecule has 0 aliphatic carbocycles. The molecule has 1 aromatic carbocycles. The number of guanidine groups is 1. The van der Waals surface area contributed by atoms with Gasteiger partial charge in [-0.15, -0.1) is 0 Å². The molecule has 0 atom stereocenters. The summed E-state index contributed by atoms with van der Waals surface area (Å²) in [6.45, 7) is 4.03. The number of rotatable bonds is 7. The number of hydrogen-bond acceptors (Lipinski definition) is 7. The number of aromatic nitrogens is 2. The summed E-state index contributed by atoms with van der Waals surface area (Å²) in [7, 11) is 4.69. The average Bonchev–Trinajstić information content (AvgIpc) is 2.68. The first-order chi connectivity index (χ1) is 13.9. The van der Waals surface area contributed by atoms with Crippen molar-refractivity contribution in [3.05, 3.63) is 41.7 Å². The topological polar surface area (TPSA) is 102 Å². The summed E-state index contributed by atoms with van der Waals surface area (Å²) < 4.78 is 15.7. The Labute approximate surface area is 175 Å². The third-order valence-electron chi connectivity index (χ3n) is 3.72. The molecule has 10 heteroatoms. The van der Waals surface area contributed by atoms with Crippen LogP contribution in [0.2, 0.25) is 0 Å². The summed E-state index contributed by atoms with van der Waals surface area (Å²) in [6.07, 6.45) is -0.496. The Bertz CT molecular complexity index is 837. The van der Waals surface area contributed by atoms with E-state index in [9.17, 15) is 0 Å². The first-order valence-electron chi connectivity index (χ1n) is 8.85. The maximum absolute atomic E-state index is 5.42. The van der Waals surface area contributed by atoms with Gasteiger partial charge in [0, 0.05) is 25.6 Å². The third kappa shape index (κ3) is 7.26. The molecular formula is C19H26N6O3S. The van der Waals surface area contributed by atoms with E-state index in [1.807, 2.05) is 44.2 Å². The molecule has 2 aromatic rings. The van der Waals surface area contributed by atoms with Gasteiger partial charge < -0.3 is 24.8 Å². The van der Waals surface area contributed by atoms with Crippen LogP contribution in [0.25, 0.3) is 0 Å². The molecule has 0 aliphatic heterocycles. The van der Waals surface area contributed by atoms with Crippen LogP contribution < -0.4 is 20.7 Å². The minimum atomic E-state index is -0.496. The largest absolute Gasteiger partial charge is 0.495 e.